The number of hydrogen-bond donors (Lipinski definition) is 2. The highest BCUT2D eigenvalue weighted by atomic mass is 35.5. The fourth-order valence-electron chi connectivity index (χ4n) is 3.06. The van der Waals surface area contributed by atoms with Gasteiger partial charge in [-0.05, 0) is 59.8 Å². The lowest BCUT2D eigenvalue weighted by atomic mass is 10.2. The smallest absolute Gasteiger partial charge is 0.342 e. The zero-order valence-corrected chi connectivity index (χ0v) is 19.7. The standard InChI is InChI=1S/C24H18Cl2N2O4S/c1-31-21-10-14(6-9-20(21)32-13-15-7-8-16(25)12-17(15)26)11-22(23(29)30)33-24-27-18-4-2-3-5-19(18)28-24/h2-12H,13H2,1H3,(H,27,28)(H,29,30)/b22-11-. The number of hydrogen-bond acceptors (Lipinski definition) is 5. The molecule has 1 aromatic heterocycles. The van der Waals surface area contributed by atoms with Crippen LogP contribution in [0.2, 0.25) is 10.0 Å². The summed E-state index contributed by atoms with van der Waals surface area (Å²) in [7, 11) is 1.52. The molecule has 0 spiro atoms. The number of benzene rings is 3. The van der Waals surface area contributed by atoms with Gasteiger partial charge in [0.15, 0.2) is 16.7 Å². The first kappa shape index (κ1) is 23.0. The lowest BCUT2D eigenvalue weighted by molar-refractivity contribution is -0.131. The Morgan fingerprint density at radius 3 is 2.67 bits per heavy atom. The molecule has 1 heterocycles. The Hall–Kier alpha value is -3.13. The summed E-state index contributed by atoms with van der Waals surface area (Å²) in [6.07, 6.45) is 1.56. The number of carboxylic acid groups (broad SMARTS) is 1. The van der Waals surface area contributed by atoms with Gasteiger partial charge in [-0.2, -0.15) is 0 Å². The van der Waals surface area contributed by atoms with Gasteiger partial charge in [-0.15, -0.1) is 0 Å². The van der Waals surface area contributed by atoms with Crippen molar-refractivity contribution >= 4 is 58.0 Å². The van der Waals surface area contributed by atoms with E-state index in [9.17, 15) is 9.90 Å². The SMILES string of the molecule is COc1cc(/C=C(\Sc2nc3ccccc3[nH]2)C(=O)O)ccc1OCc1ccc(Cl)cc1Cl. The third-order valence-electron chi connectivity index (χ3n) is 4.67. The maximum Gasteiger partial charge on any atom is 0.342 e. The van der Waals surface area contributed by atoms with Crippen molar-refractivity contribution in [1.29, 1.82) is 0 Å². The molecule has 0 amide bonds. The molecule has 0 atom stereocenters. The summed E-state index contributed by atoms with van der Waals surface area (Å²) in [6, 6.07) is 17.9. The molecule has 168 valence electrons. The Morgan fingerprint density at radius 2 is 1.94 bits per heavy atom. The first-order valence-corrected chi connectivity index (χ1v) is 11.3. The minimum atomic E-state index is -1.06. The summed E-state index contributed by atoms with van der Waals surface area (Å²) in [6.45, 7) is 0.226. The third-order valence-corrected chi connectivity index (χ3v) is 6.15. The monoisotopic (exact) mass is 500 g/mol. The minimum absolute atomic E-state index is 0.109. The number of imidazole rings is 1. The van der Waals surface area contributed by atoms with E-state index in [4.69, 9.17) is 32.7 Å². The van der Waals surface area contributed by atoms with Crippen LogP contribution in [0.25, 0.3) is 17.1 Å². The fraction of sp³-hybridized carbons (Fsp3) is 0.0833. The Bertz CT molecular complexity index is 1320. The van der Waals surface area contributed by atoms with Gasteiger partial charge in [0.1, 0.15) is 11.5 Å². The van der Waals surface area contributed by atoms with Crippen LogP contribution in [-0.4, -0.2) is 28.2 Å². The van der Waals surface area contributed by atoms with E-state index in [2.05, 4.69) is 9.97 Å². The zero-order valence-electron chi connectivity index (χ0n) is 17.3. The number of halogens is 2. The molecular formula is C24H18Cl2N2O4S. The maximum absolute atomic E-state index is 11.9. The van der Waals surface area contributed by atoms with E-state index in [1.54, 1.807) is 42.5 Å². The molecule has 0 fully saturated rings. The van der Waals surface area contributed by atoms with Crippen molar-refractivity contribution in [2.75, 3.05) is 7.11 Å². The highest BCUT2D eigenvalue weighted by Gasteiger charge is 2.14. The second-order valence-electron chi connectivity index (χ2n) is 6.91. The van der Waals surface area contributed by atoms with Gasteiger partial charge in [-0.3, -0.25) is 0 Å². The number of methoxy groups -OCH3 is 1. The molecule has 0 unspecified atom stereocenters. The van der Waals surface area contributed by atoms with Gasteiger partial charge < -0.3 is 19.6 Å². The summed E-state index contributed by atoms with van der Waals surface area (Å²) in [5.41, 5.74) is 3.04. The summed E-state index contributed by atoms with van der Waals surface area (Å²) in [4.78, 5) is 19.5. The van der Waals surface area contributed by atoms with E-state index in [0.717, 1.165) is 28.4 Å². The number of carboxylic acids is 1. The number of nitrogens with one attached hydrogen (secondary N) is 1. The lowest BCUT2D eigenvalue weighted by Gasteiger charge is -2.12. The van der Waals surface area contributed by atoms with Crippen LogP contribution < -0.4 is 9.47 Å². The van der Waals surface area contributed by atoms with E-state index in [0.29, 0.717) is 32.3 Å². The molecule has 0 bridgehead atoms. The van der Waals surface area contributed by atoms with Crippen LogP contribution >= 0.6 is 35.0 Å². The zero-order chi connectivity index (χ0) is 23.4. The molecule has 9 heteroatoms. The van der Waals surface area contributed by atoms with E-state index < -0.39 is 5.97 Å². The highest BCUT2D eigenvalue weighted by Crippen LogP contribution is 2.33. The third kappa shape index (κ3) is 5.63. The van der Waals surface area contributed by atoms with Gasteiger partial charge in [0.2, 0.25) is 0 Å². The first-order valence-electron chi connectivity index (χ1n) is 9.75. The van der Waals surface area contributed by atoms with Crippen LogP contribution in [0.4, 0.5) is 0 Å². The molecule has 0 saturated carbocycles. The van der Waals surface area contributed by atoms with Crippen molar-refractivity contribution in [3.63, 3.8) is 0 Å². The molecule has 0 aliphatic carbocycles. The van der Waals surface area contributed by atoms with Gasteiger partial charge >= 0.3 is 5.97 Å². The largest absolute Gasteiger partial charge is 0.493 e. The van der Waals surface area contributed by atoms with Crippen LogP contribution in [0.3, 0.4) is 0 Å². The molecule has 4 aromatic rings. The molecule has 33 heavy (non-hydrogen) atoms. The molecule has 0 saturated heterocycles. The van der Waals surface area contributed by atoms with Crippen molar-refractivity contribution in [2.24, 2.45) is 0 Å². The summed E-state index contributed by atoms with van der Waals surface area (Å²) in [5, 5.41) is 11.3. The van der Waals surface area contributed by atoms with Crippen molar-refractivity contribution < 1.29 is 19.4 Å². The number of aliphatic carboxylic acids is 1. The van der Waals surface area contributed by atoms with E-state index in [-0.39, 0.29) is 11.5 Å². The first-order chi connectivity index (χ1) is 15.9. The molecule has 0 aliphatic heterocycles. The average molecular weight is 501 g/mol. The molecule has 2 N–H and O–H groups in total. The summed E-state index contributed by atoms with van der Waals surface area (Å²) in [5.74, 6) is -0.0908. The van der Waals surface area contributed by atoms with E-state index in [1.165, 1.54) is 7.11 Å². The van der Waals surface area contributed by atoms with Crippen molar-refractivity contribution in [3.8, 4) is 11.5 Å². The molecule has 3 aromatic carbocycles. The number of aromatic amines is 1. The number of thioether (sulfide) groups is 1. The number of carbonyl (C=O) groups is 1. The van der Waals surface area contributed by atoms with E-state index >= 15 is 0 Å². The summed E-state index contributed by atoms with van der Waals surface area (Å²) >= 11 is 13.2. The van der Waals surface area contributed by atoms with Gasteiger partial charge in [0.05, 0.1) is 18.1 Å². The number of aromatic nitrogens is 2. The molecule has 0 radical (unpaired) electrons. The van der Waals surface area contributed by atoms with Gasteiger partial charge in [-0.1, -0.05) is 47.5 Å². The number of H-pyrrole nitrogens is 1. The number of nitrogens with zero attached hydrogens (tertiary/aromatic N) is 1. The number of ether oxygens (including phenoxy) is 2. The van der Waals surface area contributed by atoms with Gasteiger partial charge in [-0.25, -0.2) is 9.78 Å². The second-order valence-corrected chi connectivity index (χ2v) is 8.78. The molecule has 4 rings (SSSR count). The quantitative estimate of drug-likeness (QED) is 0.207. The van der Waals surface area contributed by atoms with Crippen LogP contribution in [0, 0.1) is 0 Å². The predicted octanol–water partition coefficient (Wildman–Crippen LogP) is 6.68. The Labute approximate surface area is 204 Å². The fourth-order valence-corrected chi connectivity index (χ4v) is 4.31. The van der Waals surface area contributed by atoms with Crippen LogP contribution in [0.5, 0.6) is 11.5 Å². The van der Waals surface area contributed by atoms with Crippen LogP contribution in [0.1, 0.15) is 11.1 Å². The highest BCUT2D eigenvalue weighted by molar-refractivity contribution is 8.04. The number of rotatable bonds is 8. The minimum Gasteiger partial charge on any atom is -0.493 e. The Kier molecular flexibility index (Phi) is 7.13. The van der Waals surface area contributed by atoms with Crippen molar-refractivity contribution in [1.82, 2.24) is 9.97 Å². The van der Waals surface area contributed by atoms with Crippen LogP contribution in [0.15, 0.2) is 70.7 Å². The van der Waals surface area contributed by atoms with Gasteiger partial charge in [0, 0.05) is 15.6 Å². The maximum atomic E-state index is 11.9. The van der Waals surface area contributed by atoms with Crippen molar-refractivity contribution in [3.05, 3.63) is 86.7 Å². The van der Waals surface area contributed by atoms with Crippen LogP contribution in [-0.2, 0) is 11.4 Å². The second kappa shape index (κ2) is 10.2. The average Bonchev–Trinajstić information content (AvgIpc) is 3.21. The van der Waals surface area contributed by atoms with Gasteiger partial charge in [0.25, 0.3) is 0 Å². The van der Waals surface area contributed by atoms with E-state index in [1.807, 2.05) is 24.3 Å². The Morgan fingerprint density at radius 1 is 1.12 bits per heavy atom. The lowest BCUT2D eigenvalue weighted by Crippen LogP contribution is -1.99. The molecule has 6 nitrogen and oxygen atoms in total. The summed E-state index contributed by atoms with van der Waals surface area (Å²) < 4.78 is 11.3. The molecular weight excluding hydrogens is 483 g/mol. The molecule has 0 aliphatic rings. The topological polar surface area (TPSA) is 84.4 Å². The normalized spacial score (nSPS) is 11.5. The number of para-hydroxylation sites is 2. The number of fused-ring (bicyclic) bond motifs is 1. The van der Waals surface area contributed by atoms with Crippen molar-refractivity contribution in [2.45, 2.75) is 11.8 Å². The Balaban J connectivity index is 1.54. The predicted molar refractivity (Wildman–Crippen MR) is 131 cm³/mol.